The Bertz CT molecular complexity index is 409. The average Bonchev–Trinajstić information content (AvgIpc) is 2.44. The number of carbonyl (C=O) groups is 1. The maximum atomic E-state index is 12.6. The number of nitrogens with zero attached hydrogens (tertiary/aromatic N) is 1. The molecule has 0 aromatic heterocycles. The second-order valence-corrected chi connectivity index (χ2v) is 5.54. The van der Waals surface area contributed by atoms with Gasteiger partial charge in [0, 0.05) is 24.4 Å². The molecule has 0 heterocycles. The molecule has 1 aromatic carbocycles. The molecule has 2 N–H and O–H groups in total. The molecule has 0 aliphatic rings. The molecule has 0 spiro atoms. The Morgan fingerprint density at radius 2 is 2.11 bits per heavy atom. The minimum atomic E-state index is 0.102. The van der Waals surface area contributed by atoms with E-state index in [1.165, 1.54) is 0 Å². The topological polar surface area (TPSA) is 46.3 Å². The van der Waals surface area contributed by atoms with Gasteiger partial charge in [0.25, 0.3) is 5.91 Å². The van der Waals surface area contributed by atoms with Crippen LogP contribution in [0.1, 0.15) is 29.3 Å². The van der Waals surface area contributed by atoms with Crippen LogP contribution in [0, 0.1) is 0 Å². The van der Waals surface area contributed by atoms with Gasteiger partial charge in [-0.15, -0.1) is 0 Å². The van der Waals surface area contributed by atoms with Crippen molar-refractivity contribution in [1.82, 2.24) is 4.90 Å². The number of rotatable bonds is 7. The summed E-state index contributed by atoms with van der Waals surface area (Å²) in [5.74, 6) is 1.07. The van der Waals surface area contributed by atoms with Crippen LogP contribution in [-0.2, 0) is 6.42 Å². The molecule has 1 atom stereocenters. The molecule has 0 aliphatic heterocycles. The van der Waals surface area contributed by atoms with E-state index in [-0.39, 0.29) is 11.9 Å². The van der Waals surface area contributed by atoms with Crippen LogP contribution in [0.4, 0.5) is 0 Å². The molecule has 1 amide bonds. The Morgan fingerprint density at radius 3 is 2.68 bits per heavy atom. The highest BCUT2D eigenvalue weighted by atomic mass is 32.2. The summed E-state index contributed by atoms with van der Waals surface area (Å²) in [5, 5.41) is 0. The standard InChI is InChI=1S/C15H24N2OS/c1-4-13(11-19-3)17(2)15(18)14-8-6-5-7-12(14)9-10-16/h5-8,13H,4,9-11,16H2,1-3H3. The summed E-state index contributed by atoms with van der Waals surface area (Å²) in [4.78, 5) is 14.5. The fourth-order valence-corrected chi connectivity index (χ4v) is 3.00. The van der Waals surface area contributed by atoms with Gasteiger partial charge in [-0.3, -0.25) is 4.79 Å². The zero-order valence-electron chi connectivity index (χ0n) is 12.1. The molecule has 3 nitrogen and oxygen atoms in total. The molecule has 19 heavy (non-hydrogen) atoms. The molecule has 0 saturated carbocycles. The minimum absolute atomic E-state index is 0.102. The second-order valence-electron chi connectivity index (χ2n) is 4.63. The molecule has 0 fully saturated rings. The number of carbonyl (C=O) groups excluding carboxylic acids is 1. The first-order valence-electron chi connectivity index (χ1n) is 6.69. The third-order valence-corrected chi connectivity index (χ3v) is 4.08. The van der Waals surface area contributed by atoms with Gasteiger partial charge in [-0.1, -0.05) is 25.1 Å². The van der Waals surface area contributed by atoms with Gasteiger partial charge in [0.05, 0.1) is 0 Å². The summed E-state index contributed by atoms with van der Waals surface area (Å²) in [6, 6.07) is 8.05. The Balaban J connectivity index is 2.92. The van der Waals surface area contributed by atoms with Gasteiger partial charge in [-0.25, -0.2) is 0 Å². The van der Waals surface area contributed by atoms with Crippen LogP contribution in [0.3, 0.4) is 0 Å². The third-order valence-electron chi connectivity index (χ3n) is 3.36. The molecule has 1 aromatic rings. The number of hydrogen-bond donors (Lipinski definition) is 1. The summed E-state index contributed by atoms with van der Waals surface area (Å²) < 4.78 is 0. The van der Waals surface area contributed by atoms with Crippen molar-refractivity contribution in [3.63, 3.8) is 0 Å². The van der Waals surface area contributed by atoms with Crippen molar-refractivity contribution in [2.24, 2.45) is 5.73 Å². The van der Waals surface area contributed by atoms with Gasteiger partial charge < -0.3 is 10.6 Å². The monoisotopic (exact) mass is 280 g/mol. The molecule has 4 heteroatoms. The van der Waals surface area contributed by atoms with E-state index in [1.807, 2.05) is 36.2 Å². The fraction of sp³-hybridized carbons (Fsp3) is 0.533. The molecule has 1 unspecified atom stereocenters. The van der Waals surface area contributed by atoms with Gasteiger partial charge in [0.2, 0.25) is 0 Å². The van der Waals surface area contributed by atoms with E-state index in [4.69, 9.17) is 5.73 Å². The van der Waals surface area contributed by atoms with Crippen LogP contribution in [0.25, 0.3) is 0 Å². The van der Waals surface area contributed by atoms with E-state index >= 15 is 0 Å². The van der Waals surface area contributed by atoms with Gasteiger partial charge in [0.1, 0.15) is 0 Å². The number of hydrogen-bond acceptors (Lipinski definition) is 3. The van der Waals surface area contributed by atoms with E-state index in [1.54, 1.807) is 11.8 Å². The van der Waals surface area contributed by atoms with Crippen molar-refractivity contribution in [3.05, 3.63) is 35.4 Å². The Kier molecular flexibility index (Phi) is 6.95. The summed E-state index contributed by atoms with van der Waals surface area (Å²) in [5.41, 5.74) is 7.44. The van der Waals surface area contributed by atoms with Crippen LogP contribution >= 0.6 is 11.8 Å². The van der Waals surface area contributed by atoms with Crippen molar-refractivity contribution >= 4 is 17.7 Å². The van der Waals surface area contributed by atoms with Crippen LogP contribution in [0.15, 0.2) is 24.3 Å². The largest absolute Gasteiger partial charge is 0.338 e. The number of nitrogens with two attached hydrogens (primary N) is 1. The predicted molar refractivity (Wildman–Crippen MR) is 83.8 cm³/mol. The van der Waals surface area contributed by atoms with Crippen molar-refractivity contribution in [3.8, 4) is 0 Å². The average molecular weight is 280 g/mol. The van der Waals surface area contributed by atoms with Crippen molar-refractivity contribution in [2.45, 2.75) is 25.8 Å². The highest BCUT2D eigenvalue weighted by molar-refractivity contribution is 7.98. The first kappa shape index (κ1) is 16.1. The number of thioether (sulfide) groups is 1. The normalized spacial score (nSPS) is 12.2. The van der Waals surface area contributed by atoms with Crippen LogP contribution < -0.4 is 5.73 Å². The number of amides is 1. The molecule has 0 bridgehead atoms. The summed E-state index contributed by atoms with van der Waals surface area (Å²) in [7, 11) is 1.89. The maximum Gasteiger partial charge on any atom is 0.254 e. The highest BCUT2D eigenvalue weighted by Crippen LogP contribution is 2.16. The van der Waals surface area contributed by atoms with Crippen LogP contribution in [0.5, 0.6) is 0 Å². The molecule has 0 aliphatic carbocycles. The van der Waals surface area contributed by atoms with E-state index in [2.05, 4.69) is 13.2 Å². The molecular formula is C15H24N2OS. The van der Waals surface area contributed by atoms with Crippen molar-refractivity contribution in [1.29, 1.82) is 0 Å². The van der Waals surface area contributed by atoms with Gasteiger partial charge in [0.15, 0.2) is 0 Å². The fourth-order valence-electron chi connectivity index (χ4n) is 2.15. The first-order chi connectivity index (χ1) is 9.15. The zero-order valence-corrected chi connectivity index (χ0v) is 12.9. The Labute approximate surface area is 120 Å². The maximum absolute atomic E-state index is 12.6. The van der Waals surface area contributed by atoms with Crippen molar-refractivity contribution < 1.29 is 4.79 Å². The lowest BCUT2D eigenvalue weighted by atomic mass is 10.0. The quantitative estimate of drug-likeness (QED) is 0.834. The lowest BCUT2D eigenvalue weighted by Crippen LogP contribution is -2.38. The van der Waals surface area contributed by atoms with Crippen molar-refractivity contribution in [2.75, 3.05) is 25.6 Å². The SMILES string of the molecule is CCC(CSC)N(C)C(=O)c1ccccc1CCN. The van der Waals surface area contributed by atoms with Gasteiger partial charge in [-0.05, 0) is 37.3 Å². The lowest BCUT2D eigenvalue weighted by Gasteiger charge is -2.27. The smallest absolute Gasteiger partial charge is 0.254 e. The molecular weight excluding hydrogens is 256 g/mol. The molecule has 0 radical (unpaired) electrons. The predicted octanol–water partition coefficient (Wildman–Crippen LogP) is 2.40. The molecule has 0 saturated heterocycles. The van der Waals surface area contributed by atoms with Gasteiger partial charge in [-0.2, -0.15) is 11.8 Å². The summed E-state index contributed by atoms with van der Waals surface area (Å²) >= 11 is 1.78. The first-order valence-corrected chi connectivity index (χ1v) is 8.09. The number of benzene rings is 1. The lowest BCUT2D eigenvalue weighted by molar-refractivity contribution is 0.0742. The highest BCUT2D eigenvalue weighted by Gasteiger charge is 2.20. The summed E-state index contributed by atoms with van der Waals surface area (Å²) in [6.45, 7) is 2.69. The van der Waals surface area contributed by atoms with E-state index in [9.17, 15) is 4.79 Å². The van der Waals surface area contributed by atoms with E-state index in [0.29, 0.717) is 6.54 Å². The zero-order chi connectivity index (χ0) is 14.3. The van der Waals surface area contributed by atoms with E-state index < -0.39 is 0 Å². The third kappa shape index (κ3) is 4.25. The molecule has 106 valence electrons. The van der Waals surface area contributed by atoms with Crippen LogP contribution in [0.2, 0.25) is 0 Å². The Hall–Kier alpha value is -1.00. The van der Waals surface area contributed by atoms with Gasteiger partial charge >= 0.3 is 0 Å². The van der Waals surface area contributed by atoms with E-state index in [0.717, 1.165) is 29.7 Å². The molecule has 1 rings (SSSR count). The van der Waals surface area contributed by atoms with Crippen LogP contribution in [-0.4, -0.2) is 42.4 Å². The summed E-state index contributed by atoms with van der Waals surface area (Å²) in [6.07, 6.45) is 3.79. The minimum Gasteiger partial charge on any atom is -0.338 e. The Morgan fingerprint density at radius 1 is 1.42 bits per heavy atom. The second kappa shape index (κ2) is 8.23.